The summed E-state index contributed by atoms with van der Waals surface area (Å²) < 4.78 is 0. The molecule has 2 aliphatic heterocycles. The van der Waals surface area contributed by atoms with Gasteiger partial charge in [0.1, 0.15) is 6.33 Å². The zero-order chi connectivity index (χ0) is 14.3. The average molecular weight is 286 g/mol. The van der Waals surface area contributed by atoms with E-state index in [4.69, 9.17) is 0 Å². The van der Waals surface area contributed by atoms with Gasteiger partial charge in [-0.25, -0.2) is 9.97 Å². The maximum atomic E-state index is 13.0. The Kier molecular flexibility index (Phi) is 3.17. The number of carbonyl (C=O) groups is 1. The first kappa shape index (κ1) is 13.2. The summed E-state index contributed by atoms with van der Waals surface area (Å²) in [6.07, 6.45) is 10.9. The third-order valence-corrected chi connectivity index (χ3v) is 5.24. The molecular formula is C16H22N4O. The quantitative estimate of drug-likeness (QED) is 0.848. The second-order valence-electron chi connectivity index (χ2n) is 6.87. The third-order valence-electron chi connectivity index (χ3n) is 5.24. The van der Waals surface area contributed by atoms with E-state index in [1.807, 2.05) is 4.90 Å². The normalized spacial score (nSPS) is 30.3. The fourth-order valence-corrected chi connectivity index (χ4v) is 3.92. The first-order valence-electron chi connectivity index (χ1n) is 8.06. The Bertz CT molecular complexity index is 530. The molecule has 0 N–H and O–H groups in total. The zero-order valence-electron chi connectivity index (χ0n) is 12.4. The summed E-state index contributed by atoms with van der Waals surface area (Å²) in [7, 11) is 0. The minimum Gasteiger partial charge on any atom is -0.309 e. The minimum atomic E-state index is -0.150. The Morgan fingerprint density at radius 3 is 2.76 bits per heavy atom. The first-order valence-corrected chi connectivity index (χ1v) is 8.06. The molecule has 21 heavy (non-hydrogen) atoms. The predicted octanol–water partition coefficient (Wildman–Crippen LogP) is 1.71. The van der Waals surface area contributed by atoms with Gasteiger partial charge in [0.15, 0.2) is 0 Å². The van der Waals surface area contributed by atoms with Gasteiger partial charge in [0.2, 0.25) is 5.91 Å². The molecule has 3 aliphatic rings. The second kappa shape index (κ2) is 5.05. The molecular weight excluding hydrogens is 264 g/mol. The fraction of sp³-hybridized carbons (Fsp3) is 0.688. The van der Waals surface area contributed by atoms with Gasteiger partial charge < -0.3 is 9.80 Å². The molecule has 3 fully saturated rings. The predicted molar refractivity (Wildman–Crippen MR) is 79.8 cm³/mol. The molecule has 0 unspecified atom stereocenters. The molecule has 5 heteroatoms. The molecule has 1 aromatic heterocycles. The smallest absolute Gasteiger partial charge is 0.234 e. The van der Waals surface area contributed by atoms with Gasteiger partial charge in [-0.3, -0.25) is 4.79 Å². The number of hydrogen-bond acceptors (Lipinski definition) is 4. The summed E-state index contributed by atoms with van der Waals surface area (Å²) in [5.74, 6) is 1.19. The number of carbonyl (C=O) groups excluding carboxylic acids is 1. The van der Waals surface area contributed by atoms with Crippen LogP contribution in [0, 0.1) is 11.3 Å². The van der Waals surface area contributed by atoms with E-state index in [-0.39, 0.29) is 11.3 Å². The molecule has 4 rings (SSSR count). The molecule has 1 amide bonds. The number of aromatic nitrogens is 2. The Labute approximate surface area is 125 Å². The number of nitrogens with zero attached hydrogens (tertiary/aromatic N) is 4. The highest BCUT2D eigenvalue weighted by Gasteiger charge is 2.49. The molecule has 112 valence electrons. The first-order chi connectivity index (χ1) is 10.3. The highest BCUT2D eigenvalue weighted by atomic mass is 16.2. The van der Waals surface area contributed by atoms with Crippen LogP contribution in [0.1, 0.15) is 32.1 Å². The van der Waals surface area contributed by atoms with Crippen molar-refractivity contribution >= 4 is 11.6 Å². The van der Waals surface area contributed by atoms with Crippen LogP contribution in [0.3, 0.4) is 0 Å². The van der Waals surface area contributed by atoms with Crippen LogP contribution in [0.4, 0.5) is 5.69 Å². The maximum absolute atomic E-state index is 13.0. The number of amides is 1. The van der Waals surface area contributed by atoms with Crippen LogP contribution in [0.5, 0.6) is 0 Å². The highest BCUT2D eigenvalue weighted by Crippen LogP contribution is 2.42. The molecule has 1 atom stereocenters. The van der Waals surface area contributed by atoms with Gasteiger partial charge in [-0.15, -0.1) is 0 Å². The average Bonchev–Trinajstić information content (AvgIpc) is 3.27. The molecule has 0 bridgehead atoms. The van der Waals surface area contributed by atoms with Crippen LogP contribution in [0.15, 0.2) is 18.7 Å². The summed E-state index contributed by atoms with van der Waals surface area (Å²) in [5, 5.41) is 0. The van der Waals surface area contributed by atoms with Crippen molar-refractivity contribution in [3.63, 3.8) is 0 Å². The van der Waals surface area contributed by atoms with Crippen molar-refractivity contribution in [1.82, 2.24) is 14.9 Å². The zero-order valence-corrected chi connectivity index (χ0v) is 12.4. The lowest BCUT2D eigenvalue weighted by atomic mass is 9.78. The van der Waals surface area contributed by atoms with Gasteiger partial charge in [-0.1, -0.05) is 0 Å². The lowest BCUT2D eigenvalue weighted by Crippen LogP contribution is -2.48. The van der Waals surface area contributed by atoms with Crippen LogP contribution < -0.4 is 4.90 Å². The lowest BCUT2D eigenvalue weighted by Gasteiger charge is -2.39. The summed E-state index contributed by atoms with van der Waals surface area (Å²) in [6, 6.07) is 0. The van der Waals surface area contributed by atoms with E-state index in [1.165, 1.54) is 32.3 Å². The summed E-state index contributed by atoms with van der Waals surface area (Å²) in [4.78, 5) is 25.5. The Morgan fingerprint density at radius 1 is 1.19 bits per heavy atom. The van der Waals surface area contributed by atoms with E-state index < -0.39 is 0 Å². The number of hydrogen-bond donors (Lipinski definition) is 0. The van der Waals surface area contributed by atoms with Crippen LogP contribution in [-0.4, -0.2) is 47.0 Å². The van der Waals surface area contributed by atoms with E-state index in [0.29, 0.717) is 0 Å². The minimum absolute atomic E-state index is 0.150. The van der Waals surface area contributed by atoms with Gasteiger partial charge in [0, 0.05) is 19.6 Å². The van der Waals surface area contributed by atoms with Crippen LogP contribution >= 0.6 is 0 Å². The number of anilines is 1. The monoisotopic (exact) mass is 286 g/mol. The molecule has 1 spiro atoms. The third kappa shape index (κ3) is 2.44. The van der Waals surface area contributed by atoms with Gasteiger partial charge in [-0.2, -0.15) is 0 Å². The highest BCUT2D eigenvalue weighted by molar-refractivity contribution is 5.99. The SMILES string of the molecule is O=C1N(c2cncnc2)CC[C@]12CCCN(CC1CC1)C2. The molecule has 1 saturated carbocycles. The van der Waals surface area contributed by atoms with E-state index in [1.54, 1.807) is 12.4 Å². The Hall–Kier alpha value is -1.49. The molecule has 5 nitrogen and oxygen atoms in total. The van der Waals surface area contributed by atoms with Crippen molar-refractivity contribution in [2.24, 2.45) is 11.3 Å². The van der Waals surface area contributed by atoms with Gasteiger partial charge in [-0.05, 0) is 44.6 Å². The van der Waals surface area contributed by atoms with E-state index in [0.717, 1.165) is 44.0 Å². The number of likely N-dealkylation sites (tertiary alicyclic amines) is 1. The molecule has 1 aliphatic carbocycles. The van der Waals surface area contributed by atoms with Gasteiger partial charge >= 0.3 is 0 Å². The summed E-state index contributed by atoms with van der Waals surface area (Å²) >= 11 is 0. The molecule has 2 saturated heterocycles. The van der Waals surface area contributed by atoms with Gasteiger partial charge in [0.05, 0.1) is 23.5 Å². The van der Waals surface area contributed by atoms with Crippen molar-refractivity contribution in [3.8, 4) is 0 Å². The Balaban J connectivity index is 1.51. The van der Waals surface area contributed by atoms with E-state index in [9.17, 15) is 4.79 Å². The van der Waals surface area contributed by atoms with Crippen molar-refractivity contribution in [2.45, 2.75) is 32.1 Å². The molecule has 3 heterocycles. The van der Waals surface area contributed by atoms with Crippen LogP contribution in [-0.2, 0) is 4.79 Å². The van der Waals surface area contributed by atoms with E-state index in [2.05, 4.69) is 14.9 Å². The standard InChI is InChI=1S/C16H22N4O/c21-15-16(4-1-6-19(11-16)10-13-2-3-13)5-7-20(15)14-8-17-12-18-9-14/h8-9,12-13H,1-7,10-11H2/t16-/m0/s1. The maximum Gasteiger partial charge on any atom is 0.234 e. The Morgan fingerprint density at radius 2 is 2.00 bits per heavy atom. The number of piperidine rings is 1. The van der Waals surface area contributed by atoms with Crippen LogP contribution in [0.2, 0.25) is 0 Å². The van der Waals surface area contributed by atoms with E-state index >= 15 is 0 Å². The van der Waals surface area contributed by atoms with Crippen LogP contribution in [0.25, 0.3) is 0 Å². The second-order valence-corrected chi connectivity index (χ2v) is 6.87. The molecule has 0 radical (unpaired) electrons. The summed E-state index contributed by atoms with van der Waals surface area (Å²) in [5.41, 5.74) is 0.696. The topological polar surface area (TPSA) is 49.3 Å². The molecule has 1 aromatic rings. The largest absolute Gasteiger partial charge is 0.309 e. The van der Waals surface area contributed by atoms with Crippen molar-refractivity contribution in [2.75, 3.05) is 31.1 Å². The summed E-state index contributed by atoms with van der Waals surface area (Å²) in [6.45, 7) is 4.12. The van der Waals surface area contributed by atoms with Crippen molar-refractivity contribution in [3.05, 3.63) is 18.7 Å². The lowest BCUT2D eigenvalue weighted by molar-refractivity contribution is -0.128. The number of rotatable bonds is 3. The van der Waals surface area contributed by atoms with Crippen molar-refractivity contribution in [1.29, 1.82) is 0 Å². The fourth-order valence-electron chi connectivity index (χ4n) is 3.92. The van der Waals surface area contributed by atoms with Gasteiger partial charge in [0.25, 0.3) is 0 Å². The van der Waals surface area contributed by atoms with Crippen molar-refractivity contribution < 1.29 is 4.79 Å². The molecule has 0 aromatic carbocycles.